The topological polar surface area (TPSA) is 51.8 Å². The van der Waals surface area contributed by atoms with E-state index >= 15 is 0 Å². The summed E-state index contributed by atoms with van der Waals surface area (Å²) in [4.78, 5) is 15.8. The van der Waals surface area contributed by atoms with Crippen molar-refractivity contribution in [3.05, 3.63) is 203 Å². The predicted octanol–water partition coefficient (Wildman–Crippen LogP) is 12.3. The Kier molecular flexibility index (Phi) is 7.80. The van der Waals surface area contributed by atoms with Gasteiger partial charge in [-0.3, -0.25) is 0 Å². The van der Waals surface area contributed by atoms with Crippen molar-refractivity contribution in [3.63, 3.8) is 0 Å². The molecule has 0 aliphatic heterocycles. The van der Waals surface area contributed by atoms with E-state index in [1.54, 1.807) is 0 Å². The van der Waals surface area contributed by atoms with E-state index in [9.17, 15) is 0 Å². The van der Waals surface area contributed by atoms with Gasteiger partial charge in [-0.05, 0) is 109 Å². The van der Waals surface area contributed by atoms with E-state index in [2.05, 4.69) is 172 Å². The highest BCUT2D eigenvalue weighted by Gasteiger charge is 2.47. The first-order chi connectivity index (χ1) is 29.5. The lowest BCUT2D eigenvalue weighted by molar-refractivity contribution is 0.398. The van der Waals surface area contributed by atoms with Crippen molar-refractivity contribution in [2.24, 2.45) is 5.92 Å². The fraction of sp³-hybridized carbons (Fsp3) is 0.125. The van der Waals surface area contributed by atoms with Crippen LogP contribution in [0.15, 0.2) is 174 Å². The molecule has 0 radical (unpaired) electrons. The van der Waals surface area contributed by atoms with Crippen LogP contribution in [0.25, 0.3) is 83.6 Å². The van der Waals surface area contributed by atoms with E-state index in [1.807, 2.05) is 18.2 Å². The number of fused-ring (bicyclic) bond motifs is 9. The predicted molar refractivity (Wildman–Crippen MR) is 246 cm³/mol. The summed E-state index contributed by atoms with van der Waals surface area (Å²) in [6, 6.07) is 54.4. The third-order valence-electron chi connectivity index (χ3n) is 13.3. The summed E-state index contributed by atoms with van der Waals surface area (Å²) in [7, 11) is 0. The lowest BCUT2D eigenvalue weighted by Crippen LogP contribution is -2.26. The average Bonchev–Trinajstić information content (AvgIpc) is 3.80. The fourth-order valence-electron chi connectivity index (χ4n) is 10.4. The Labute approximate surface area is 348 Å². The summed E-state index contributed by atoms with van der Waals surface area (Å²) in [5.74, 6) is 2.54. The van der Waals surface area contributed by atoms with Crippen molar-refractivity contribution in [1.29, 1.82) is 0 Å². The highest BCUT2D eigenvalue weighted by Crippen LogP contribution is 2.56. The van der Waals surface area contributed by atoms with E-state index in [-0.39, 0.29) is 11.3 Å². The van der Waals surface area contributed by atoms with Crippen LogP contribution in [-0.4, -0.2) is 15.0 Å². The highest BCUT2D eigenvalue weighted by molar-refractivity contribution is 6.14. The molecule has 2 unspecified atom stereocenters. The normalized spacial score (nSPS) is 17.6. The average molecular weight is 772 g/mol. The van der Waals surface area contributed by atoms with Crippen molar-refractivity contribution in [2.75, 3.05) is 0 Å². The molecule has 4 nitrogen and oxygen atoms in total. The van der Waals surface area contributed by atoms with Gasteiger partial charge in [0.05, 0.1) is 0 Å². The Morgan fingerprint density at radius 1 is 0.583 bits per heavy atom. The fourth-order valence-corrected chi connectivity index (χ4v) is 10.4. The summed E-state index contributed by atoms with van der Waals surface area (Å²) in [6.45, 7) is 4.73. The molecule has 7 aromatic carbocycles. The second-order valence-corrected chi connectivity index (χ2v) is 17.0. The monoisotopic (exact) mass is 771 g/mol. The van der Waals surface area contributed by atoms with Gasteiger partial charge in [-0.15, -0.1) is 0 Å². The molecule has 2 atom stereocenters. The number of hydrogen-bond acceptors (Lipinski definition) is 4. The summed E-state index contributed by atoms with van der Waals surface area (Å²) in [5, 5.41) is 7.34. The zero-order valence-electron chi connectivity index (χ0n) is 33.6. The van der Waals surface area contributed by atoms with Gasteiger partial charge in [0.1, 0.15) is 11.0 Å². The van der Waals surface area contributed by atoms with Crippen molar-refractivity contribution in [3.8, 4) is 33.9 Å². The van der Waals surface area contributed by atoms with Crippen molar-refractivity contribution in [1.82, 2.24) is 15.0 Å². The smallest absolute Gasteiger partial charge is 0.164 e. The summed E-state index contributed by atoms with van der Waals surface area (Å²) in [5.41, 5.74) is 12.5. The van der Waals surface area contributed by atoms with Crippen molar-refractivity contribution in [2.45, 2.75) is 38.0 Å². The molecule has 0 spiro atoms. The van der Waals surface area contributed by atoms with Crippen LogP contribution >= 0.6 is 0 Å². The molecule has 12 rings (SSSR count). The van der Waals surface area contributed by atoms with E-state index in [0.29, 0.717) is 17.6 Å². The molecule has 0 amide bonds. The Morgan fingerprint density at radius 3 is 2.18 bits per heavy atom. The van der Waals surface area contributed by atoms with E-state index < -0.39 is 0 Å². The molecule has 286 valence electrons. The minimum Gasteiger partial charge on any atom is -0.456 e. The molecule has 0 saturated carbocycles. The van der Waals surface area contributed by atoms with Gasteiger partial charge in [-0.25, -0.2) is 15.0 Å². The third-order valence-corrected chi connectivity index (χ3v) is 13.3. The van der Waals surface area contributed by atoms with Gasteiger partial charge in [0, 0.05) is 33.2 Å². The van der Waals surface area contributed by atoms with Gasteiger partial charge in [0.25, 0.3) is 0 Å². The van der Waals surface area contributed by atoms with Crippen LogP contribution in [0.3, 0.4) is 0 Å². The minimum absolute atomic E-state index is 0.0154. The van der Waals surface area contributed by atoms with Crippen LogP contribution in [0.4, 0.5) is 0 Å². The summed E-state index contributed by atoms with van der Waals surface area (Å²) < 4.78 is 6.61. The minimum atomic E-state index is -0.0154. The molecule has 0 N–H and O–H groups in total. The lowest BCUT2D eigenvalue weighted by Gasteiger charge is -2.31. The zero-order chi connectivity index (χ0) is 40.0. The summed E-state index contributed by atoms with van der Waals surface area (Å²) >= 11 is 0. The van der Waals surface area contributed by atoms with Crippen LogP contribution in [0, 0.1) is 5.92 Å². The molecule has 0 fully saturated rings. The standard InChI is InChI=1S/C56H41N3O/c1-56(2)47-26-11-10-23-43(47)51-44(25-13-27-48(51)56)55-58-53(34-15-4-3-5-16-34)57-54(59-55)38-19-12-18-35(31-38)40-24-14-28-50-52(40)46-33-37(29-30-49(46)60-50)45-32-36-17-6-7-20-39(36)41-21-8-9-22-42(41)45/h3-13,15-23,25-33,48,51H,14,24H2,1-2H3. The molecule has 2 heterocycles. The quantitative estimate of drug-likeness (QED) is 0.164. The Bertz CT molecular complexity index is 3420. The van der Waals surface area contributed by atoms with Crippen LogP contribution in [0.2, 0.25) is 0 Å². The molecule has 60 heavy (non-hydrogen) atoms. The number of aromatic nitrogens is 3. The van der Waals surface area contributed by atoms with Crippen molar-refractivity contribution >= 4 is 49.7 Å². The third kappa shape index (κ3) is 5.40. The Morgan fingerprint density at radius 2 is 1.30 bits per heavy atom. The van der Waals surface area contributed by atoms with E-state index in [1.165, 1.54) is 54.6 Å². The first-order valence-electron chi connectivity index (χ1n) is 21.1. The van der Waals surface area contributed by atoms with Gasteiger partial charge in [-0.1, -0.05) is 159 Å². The molecule has 9 aromatic rings. The molecular formula is C56H41N3O. The largest absolute Gasteiger partial charge is 0.456 e. The number of rotatable bonds is 5. The highest BCUT2D eigenvalue weighted by atomic mass is 16.3. The first kappa shape index (κ1) is 34.8. The van der Waals surface area contributed by atoms with Gasteiger partial charge in [0.15, 0.2) is 17.5 Å². The van der Waals surface area contributed by atoms with Crippen LogP contribution in [-0.2, 0) is 5.41 Å². The van der Waals surface area contributed by atoms with Gasteiger partial charge < -0.3 is 4.42 Å². The number of nitrogens with zero attached hydrogens (tertiary/aromatic N) is 3. The van der Waals surface area contributed by atoms with Gasteiger partial charge >= 0.3 is 0 Å². The Balaban J connectivity index is 1.02. The molecule has 4 heteroatoms. The number of allylic oxidation sites excluding steroid dienone is 4. The SMILES string of the molecule is CC1(C)c2ccccc2C2C(c3nc(-c4ccccc4)nc(-c4cccc(C5=c6c(oc7ccc(-c8cc9ccccc9c9ccccc89)cc67)=CCC5)c4)n3)=CC=CC21. The number of benzene rings is 7. The maximum Gasteiger partial charge on any atom is 0.164 e. The molecule has 3 aliphatic rings. The second kappa shape index (κ2) is 13.4. The van der Waals surface area contributed by atoms with Crippen LogP contribution < -0.4 is 10.6 Å². The van der Waals surface area contributed by atoms with Crippen molar-refractivity contribution < 1.29 is 4.42 Å². The van der Waals surface area contributed by atoms with Gasteiger partial charge in [0.2, 0.25) is 0 Å². The van der Waals surface area contributed by atoms with Crippen LogP contribution in [0.5, 0.6) is 0 Å². The molecule has 2 aromatic heterocycles. The van der Waals surface area contributed by atoms with E-state index in [4.69, 9.17) is 19.4 Å². The van der Waals surface area contributed by atoms with Gasteiger partial charge in [-0.2, -0.15) is 0 Å². The number of furan rings is 1. The maximum atomic E-state index is 6.61. The Hall–Kier alpha value is -7.17. The molecule has 0 bridgehead atoms. The molecule has 3 aliphatic carbocycles. The maximum absolute atomic E-state index is 6.61. The summed E-state index contributed by atoms with van der Waals surface area (Å²) in [6.07, 6.45) is 10.9. The lowest BCUT2D eigenvalue weighted by atomic mass is 9.72. The van der Waals surface area contributed by atoms with Crippen LogP contribution in [0.1, 0.15) is 55.1 Å². The molecule has 0 saturated heterocycles. The second-order valence-electron chi connectivity index (χ2n) is 17.0. The molecular weight excluding hydrogens is 731 g/mol. The number of hydrogen-bond donors (Lipinski definition) is 0. The first-order valence-corrected chi connectivity index (χ1v) is 21.1. The zero-order valence-corrected chi connectivity index (χ0v) is 33.6. The van der Waals surface area contributed by atoms with E-state index in [0.717, 1.165) is 57.3 Å².